The van der Waals surface area contributed by atoms with Gasteiger partial charge >= 0.3 is 0 Å². The second-order valence-corrected chi connectivity index (χ2v) is 7.28. The van der Waals surface area contributed by atoms with Gasteiger partial charge in [-0.25, -0.2) is 0 Å². The average Bonchev–Trinajstić information content (AvgIpc) is 3.44. The summed E-state index contributed by atoms with van der Waals surface area (Å²) in [6.45, 7) is 3.02. The first-order valence-electron chi connectivity index (χ1n) is 9.49. The maximum Gasteiger partial charge on any atom is 0.221 e. The Morgan fingerprint density at radius 1 is 1.04 bits per heavy atom. The van der Waals surface area contributed by atoms with E-state index in [1.807, 2.05) is 12.3 Å². The number of rotatable bonds is 5. The van der Waals surface area contributed by atoms with Crippen molar-refractivity contribution < 1.29 is 4.42 Å². The SMILES string of the molecule is c1ccc(CN2CCC(c3nnc(Cc4c[nH]c5ccccc45)o3)C2)cc1. The Balaban J connectivity index is 1.26. The molecule has 0 radical (unpaired) electrons. The van der Waals surface area contributed by atoms with E-state index < -0.39 is 0 Å². The first-order valence-corrected chi connectivity index (χ1v) is 9.49. The molecule has 5 heteroatoms. The van der Waals surface area contributed by atoms with Crippen molar-refractivity contribution in [3.05, 3.63) is 83.7 Å². The molecule has 0 bridgehead atoms. The number of aromatic nitrogens is 3. The van der Waals surface area contributed by atoms with Crippen LogP contribution in [0.3, 0.4) is 0 Å². The van der Waals surface area contributed by atoms with Crippen LogP contribution in [0.4, 0.5) is 0 Å². The van der Waals surface area contributed by atoms with Crippen LogP contribution in [0.1, 0.15) is 35.2 Å². The van der Waals surface area contributed by atoms with Crippen molar-refractivity contribution >= 4 is 10.9 Å². The normalized spacial score (nSPS) is 17.7. The molecule has 2 aromatic carbocycles. The number of benzene rings is 2. The summed E-state index contributed by atoms with van der Waals surface area (Å²) in [5.74, 6) is 1.80. The second-order valence-electron chi connectivity index (χ2n) is 7.28. The van der Waals surface area contributed by atoms with Gasteiger partial charge in [0.2, 0.25) is 11.8 Å². The van der Waals surface area contributed by atoms with E-state index in [-0.39, 0.29) is 0 Å². The van der Waals surface area contributed by atoms with Gasteiger partial charge in [0.1, 0.15) is 0 Å². The minimum absolute atomic E-state index is 0.331. The minimum atomic E-state index is 0.331. The molecule has 0 saturated carbocycles. The van der Waals surface area contributed by atoms with Crippen molar-refractivity contribution in [1.82, 2.24) is 20.1 Å². The number of hydrogen-bond donors (Lipinski definition) is 1. The molecular weight excluding hydrogens is 336 g/mol. The number of nitrogens with zero attached hydrogens (tertiary/aromatic N) is 3. The molecule has 0 amide bonds. The van der Waals surface area contributed by atoms with E-state index in [2.05, 4.69) is 68.6 Å². The third kappa shape index (κ3) is 3.38. The number of H-pyrrole nitrogens is 1. The summed E-state index contributed by atoms with van der Waals surface area (Å²) in [6, 6.07) is 18.9. The maximum atomic E-state index is 6.03. The van der Waals surface area contributed by atoms with Gasteiger partial charge in [-0.3, -0.25) is 4.90 Å². The van der Waals surface area contributed by atoms with Crippen molar-refractivity contribution in [3.8, 4) is 0 Å². The minimum Gasteiger partial charge on any atom is -0.425 e. The highest BCUT2D eigenvalue weighted by molar-refractivity contribution is 5.83. The lowest BCUT2D eigenvalue weighted by Crippen LogP contribution is -2.19. The highest BCUT2D eigenvalue weighted by Gasteiger charge is 2.28. The molecule has 2 aromatic heterocycles. The molecule has 0 spiro atoms. The van der Waals surface area contributed by atoms with Gasteiger partial charge in [-0.1, -0.05) is 48.5 Å². The third-order valence-electron chi connectivity index (χ3n) is 5.37. The molecule has 1 saturated heterocycles. The topological polar surface area (TPSA) is 58.0 Å². The smallest absolute Gasteiger partial charge is 0.221 e. The van der Waals surface area contributed by atoms with Crippen molar-refractivity contribution in [2.75, 3.05) is 13.1 Å². The van der Waals surface area contributed by atoms with E-state index in [1.165, 1.54) is 16.5 Å². The molecule has 1 fully saturated rings. The van der Waals surface area contributed by atoms with Crippen LogP contribution in [0.25, 0.3) is 10.9 Å². The lowest BCUT2D eigenvalue weighted by atomic mass is 10.1. The van der Waals surface area contributed by atoms with Crippen molar-refractivity contribution in [3.63, 3.8) is 0 Å². The Kier molecular flexibility index (Phi) is 4.22. The van der Waals surface area contributed by atoms with Crippen LogP contribution in [-0.4, -0.2) is 33.2 Å². The van der Waals surface area contributed by atoms with Gasteiger partial charge in [-0.05, 0) is 30.2 Å². The first kappa shape index (κ1) is 16.3. The zero-order chi connectivity index (χ0) is 18.1. The van der Waals surface area contributed by atoms with Crippen molar-refractivity contribution in [2.45, 2.75) is 25.3 Å². The van der Waals surface area contributed by atoms with Crippen LogP contribution < -0.4 is 0 Å². The van der Waals surface area contributed by atoms with E-state index >= 15 is 0 Å². The van der Waals surface area contributed by atoms with Gasteiger partial charge in [0.05, 0.1) is 12.3 Å². The summed E-state index contributed by atoms with van der Waals surface area (Å²) >= 11 is 0. The van der Waals surface area contributed by atoms with E-state index in [0.717, 1.165) is 37.5 Å². The van der Waals surface area contributed by atoms with Crippen LogP contribution in [0.2, 0.25) is 0 Å². The van der Waals surface area contributed by atoms with Gasteiger partial charge in [-0.15, -0.1) is 10.2 Å². The Labute approximate surface area is 158 Å². The molecule has 5 nitrogen and oxygen atoms in total. The lowest BCUT2D eigenvalue weighted by Gasteiger charge is -2.14. The molecule has 1 aliphatic heterocycles. The fraction of sp³-hybridized carbons (Fsp3) is 0.273. The monoisotopic (exact) mass is 358 g/mol. The number of hydrogen-bond acceptors (Lipinski definition) is 4. The number of aromatic amines is 1. The number of nitrogens with one attached hydrogen (secondary N) is 1. The zero-order valence-corrected chi connectivity index (χ0v) is 15.1. The Morgan fingerprint density at radius 3 is 2.81 bits per heavy atom. The lowest BCUT2D eigenvalue weighted by molar-refractivity contribution is 0.318. The van der Waals surface area contributed by atoms with E-state index in [1.54, 1.807) is 0 Å². The fourth-order valence-electron chi connectivity index (χ4n) is 3.96. The van der Waals surface area contributed by atoms with Gasteiger partial charge in [-0.2, -0.15) is 0 Å². The molecule has 1 unspecified atom stereocenters. The Morgan fingerprint density at radius 2 is 1.89 bits per heavy atom. The molecule has 27 heavy (non-hydrogen) atoms. The van der Waals surface area contributed by atoms with Crippen molar-refractivity contribution in [2.24, 2.45) is 0 Å². The van der Waals surface area contributed by atoms with Crippen LogP contribution in [0, 0.1) is 0 Å². The molecule has 1 N–H and O–H groups in total. The van der Waals surface area contributed by atoms with Crippen LogP contribution in [-0.2, 0) is 13.0 Å². The summed E-state index contributed by atoms with van der Waals surface area (Å²) in [5.41, 5.74) is 3.68. The maximum absolute atomic E-state index is 6.03. The first-order chi connectivity index (χ1) is 13.3. The predicted molar refractivity (Wildman–Crippen MR) is 104 cm³/mol. The molecule has 3 heterocycles. The van der Waals surface area contributed by atoms with Gasteiger partial charge in [0.25, 0.3) is 0 Å². The second kappa shape index (κ2) is 7.00. The van der Waals surface area contributed by atoms with E-state index in [0.29, 0.717) is 18.2 Å². The molecule has 1 aliphatic rings. The predicted octanol–water partition coefficient (Wildman–Crippen LogP) is 4.13. The molecule has 4 aromatic rings. The summed E-state index contributed by atoms with van der Waals surface area (Å²) in [5, 5.41) is 9.86. The van der Waals surface area contributed by atoms with Crippen molar-refractivity contribution in [1.29, 1.82) is 0 Å². The summed E-state index contributed by atoms with van der Waals surface area (Å²) < 4.78 is 6.03. The Hall–Kier alpha value is -2.92. The van der Waals surface area contributed by atoms with E-state index in [9.17, 15) is 0 Å². The van der Waals surface area contributed by atoms with E-state index in [4.69, 9.17) is 4.42 Å². The number of fused-ring (bicyclic) bond motifs is 1. The molecule has 0 aliphatic carbocycles. The van der Waals surface area contributed by atoms with Crippen LogP contribution >= 0.6 is 0 Å². The molecule has 5 rings (SSSR count). The van der Waals surface area contributed by atoms with Gasteiger partial charge in [0.15, 0.2) is 0 Å². The molecule has 136 valence electrons. The van der Waals surface area contributed by atoms with Crippen LogP contribution in [0.5, 0.6) is 0 Å². The number of likely N-dealkylation sites (tertiary alicyclic amines) is 1. The largest absolute Gasteiger partial charge is 0.425 e. The molecular formula is C22H22N4O. The van der Waals surface area contributed by atoms with Crippen LogP contribution in [0.15, 0.2) is 65.2 Å². The summed E-state index contributed by atoms with van der Waals surface area (Å²) in [4.78, 5) is 5.76. The van der Waals surface area contributed by atoms with Gasteiger partial charge in [0, 0.05) is 30.2 Å². The highest BCUT2D eigenvalue weighted by atomic mass is 16.4. The zero-order valence-electron chi connectivity index (χ0n) is 15.1. The number of para-hydroxylation sites is 1. The third-order valence-corrected chi connectivity index (χ3v) is 5.37. The Bertz CT molecular complexity index is 1040. The quantitative estimate of drug-likeness (QED) is 0.583. The summed E-state index contributed by atoms with van der Waals surface area (Å²) in [7, 11) is 0. The standard InChI is InChI=1S/C22H22N4O/c1-2-6-16(7-3-1)14-26-11-10-17(15-26)22-25-24-21(27-22)12-18-13-23-20-9-5-4-8-19(18)20/h1-9,13,17,23H,10-12,14-15H2. The summed E-state index contributed by atoms with van der Waals surface area (Å²) in [6.07, 6.45) is 3.77. The van der Waals surface area contributed by atoms with Gasteiger partial charge < -0.3 is 9.40 Å². The molecule has 1 atom stereocenters. The highest BCUT2D eigenvalue weighted by Crippen LogP contribution is 2.28. The fourth-order valence-corrected chi connectivity index (χ4v) is 3.96. The average molecular weight is 358 g/mol.